The first-order chi connectivity index (χ1) is 14.1. The Morgan fingerprint density at radius 3 is 2.59 bits per heavy atom. The molecule has 1 fully saturated rings. The molecule has 0 radical (unpaired) electrons. The fourth-order valence-electron chi connectivity index (χ4n) is 3.39. The van der Waals surface area contributed by atoms with E-state index >= 15 is 0 Å². The van der Waals surface area contributed by atoms with E-state index in [0.717, 1.165) is 36.4 Å². The van der Waals surface area contributed by atoms with Crippen LogP contribution in [0.2, 0.25) is 0 Å². The summed E-state index contributed by atoms with van der Waals surface area (Å²) in [5, 5.41) is 2.92. The molecule has 0 saturated carbocycles. The second kappa shape index (κ2) is 8.84. The van der Waals surface area contributed by atoms with Gasteiger partial charge in [-0.05, 0) is 60.5 Å². The third kappa shape index (κ3) is 4.89. The molecular weight excluding hydrogens is 387 g/mol. The number of hydrogen-bond donors (Lipinski definition) is 1. The van der Waals surface area contributed by atoms with Crippen LogP contribution >= 0.6 is 11.8 Å². The van der Waals surface area contributed by atoms with Crippen LogP contribution in [0.25, 0.3) is 11.3 Å². The Kier molecular flexibility index (Phi) is 6.02. The van der Waals surface area contributed by atoms with Gasteiger partial charge in [-0.3, -0.25) is 9.69 Å². The highest BCUT2D eigenvalue weighted by Crippen LogP contribution is 2.24. The lowest BCUT2D eigenvalue weighted by Crippen LogP contribution is -2.31. The third-order valence-electron chi connectivity index (χ3n) is 5.01. The molecule has 2 aromatic carbocycles. The maximum absolute atomic E-state index is 13.1. The average Bonchev–Trinajstić information content (AvgIpc) is 3.22. The molecule has 3 aromatic rings. The Hall–Kier alpha value is -2.57. The number of carbonyl (C=O) groups is 1. The number of halogens is 1. The van der Waals surface area contributed by atoms with Crippen molar-refractivity contribution in [3.8, 4) is 11.3 Å². The molecule has 0 unspecified atom stereocenters. The van der Waals surface area contributed by atoms with Crippen molar-refractivity contribution in [2.45, 2.75) is 13.5 Å². The molecule has 1 aliphatic heterocycles. The number of rotatable bonds is 5. The first-order valence-electron chi connectivity index (χ1n) is 9.65. The summed E-state index contributed by atoms with van der Waals surface area (Å²) in [5.41, 5.74) is 3.77. The minimum atomic E-state index is -0.309. The maximum Gasteiger partial charge on any atom is 0.291 e. The van der Waals surface area contributed by atoms with Crippen LogP contribution in [-0.2, 0) is 6.54 Å². The molecule has 0 atom stereocenters. The smallest absolute Gasteiger partial charge is 0.291 e. The Bertz CT molecular complexity index is 994. The lowest BCUT2D eigenvalue weighted by atomic mass is 10.1. The normalized spacial score (nSPS) is 14.7. The number of thioether (sulfide) groups is 1. The molecule has 0 spiro atoms. The zero-order valence-electron chi connectivity index (χ0n) is 16.3. The third-order valence-corrected chi connectivity index (χ3v) is 5.95. The van der Waals surface area contributed by atoms with Gasteiger partial charge in [0.15, 0.2) is 5.76 Å². The molecule has 29 heavy (non-hydrogen) atoms. The lowest BCUT2D eigenvalue weighted by molar-refractivity contribution is 0.0997. The number of benzene rings is 2. The summed E-state index contributed by atoms with van der Waals surface area (Å²) in [4.78, 5) is 15.1. The van der Waals surface area contributed by atoms with Crippen molar-refractivity contribution in [1.82, 2.24) is 4.90 Å². The quantitative estimate of drug-likeness (QED) is 0.628. The molecule has 1 amide bonds. The number of furan rings is 1. The number of nitrogens with one attached hydrogen (secondary N) is 1. The SMILES string of the molecule is Cc1cc(CN2CCSCC2)ccc1NC(=O)c1ccc(-c2ccc(F)cc2)o1. The topological polar surface area (TPSA) is 45.5 Å². The molecule has 1 aliphatic rings. The lowest BCUT2D eigenvalue weighted by Gasteiger charge is -2.26. The van der Waals surface area contributed by atoms with E-state index in [9.17, 15) is 9.18 Å². The summed E-state index contributed by atoms with van der Waals surface area (Å²) in [6.45, 7) is 5.18. The van der Waals surface area contributed by atoms with E-state index in [1.807, 2.05) is 24.8 Å². The minimum Gasteiger partial charge on any atom is -0.451 e. The molecule has 4 rings (SSSR count). The van der Waals surface area contributed by atoms with Gasteiger partial charge < -0.3 is 9.73 Å². The Balaban J connectivity index is 1.42. The van der Waals surface area contributed by atoms with Crippen molar-refractivity contribution < 1.29 is 13.6 Å². The predicted molar refractivity (Wildman–Crippen MR) is 116 cm³/mol. The predicted octanol–water partition coefficient (Wildman–Crippen LogP) is 5.20. The Morgan fingerprint density at radius 1 is 1.10 bits per heavy atom. The highest BCUT2D eigenvalue weighted by atomic mass is 32.2. The largest absolute Gasteiger partial charge is 0.451 e. The number of aryl methyl sites for hydroxylation is 1. The number of anilines is 1. The van der Waals surface area contributed by atoms with Crippen molar-refractivity contribution in [3.63, 3.8) is 0 Å². The van der Waals surface area contributed by atoms with Crippen molar-refractivity contribution >= 4 is 23.4 Å². The fraction of sp³-hybridized carbons (Fsp3) is 0.261. The summed E-state index contributed by atoms with van der Waals surface area (Å²) >= 11 is 2.01. The van der Waals surface area contributed by atoms with Gasteiger partial charge in [0, 0.05) is 42.4 Å². The van der Waals surface area contributed by atoms with E-state index in [1.165, 1.54) is 29.2 Å². The number of nitrogens with zero attached hydrogens (tertiary/aromatic N) is 1. The van der Waals surface area contributed by atoms with Gasteiger partial charge in [-0.2, -0.15) is 11.8 Å². The molecule has 4 nitrogen and oxygen atoms in total. The first kappa shape index (κ1) is 19.7. The van der Waals surface area contributed by atoms with Crippen LogP contribution in [0.1, 0.15) is 21.7 Å². The van der Waals surface area contributed by atoms with Crippen LogP contribution in [0.4, 0.5) is 10.1 Å². The number of carbonyl (C=O) groups excluding carboxylic acids is 1. The summed E-state index contributed by atoms with van der Waals surface area (Å²) in [7, 11) is 0. The van der Waals surface area contributed by atoms with Gasteiger partial charge in [0.2, 0.25) is 0 Å². The summed E-state index contributed by atoms with van der Waals surface area (Å²) < 4.78 is 18.7. The molecule has 2 heterocycles. The Labute approximate surface area is 174 Å². The molecule has 0 aliphatic carbocycles. The highest BCUT2D eigenvalue weighted by Gasteiger charge is 2.15. The summed E-state index contributed by atoms with van der Waals surface area (Å²) in [5.74, 6) is 2.52. The van der Waals surface area contributed by atoms with Crippen LogP contribution in [0.5, 0.6) is 0 Å². The van der Waals surface area contributed by atoms with E-state index < -0.39 is 0 Å². The van der Waals surface area contributed by atoms with Crippen molar-refractivity contribution in [1.29, 1.82) is 0 Å². The van der Waals surface area contributed by atoms with Crippen LogP contribution in [0, 0.1) is 12.7 Å². The molecule has 1 aromatic heterocycles. The number of amides is 1. The maximum atomic E-state index is 13.1. The van der Waals surface area contributed by atoms with Crippen LogP contribution in [0.3, 0.4) is 0 Å². The first-order valence-corrected chi connectivity index (χ1v) is 10.8. The Morgan fingerprint density at radius 2 is 1.86 bits per heavy atom. The van der Waals surface area contributed by atoms with Crippen molar-refractivity contribution in [3.05, 3.63) is 77.3 Å². The standard InChI is InChI=1S/C23H23FN2O2S/c1-16-14-17(15-26-10-12-29-13-11-26)2-7-20(16)25-23(27)22-9-8-21(28-22)18-3-5-19(24)6-4-18/h2-9,14H,10-13,15H2,1H3,(H,25,27). The number of hydrogen-bond acceptors (Lipinski definition) is 4. The van der Waals surface area contributed by atoms with Gasteiger partial charge >= 0.3 is 0 Å². The minimum absolute atomic E-state index is 0.221. The van der Waals surface area contributed by atoms with E-state index in [-0.39, 0.29) is 17.5 Å². The van der Waals surface area contributed by atoms with Crippen LogP contribution in [-0.4, -0.2) is 35.4 Å². The van der Waals surface area contributed by atoms with Gasteiger partial charge in [0.25, 0.3) is 5.91 Å². The van der Waals surface area contributed by atoms with Crippen LogP contribution < -0.4 is 5.32 Å². The van der Waals surface area contributed by atoms with Gasteiger partial charge in [-0.25, -0.2) is 4.39 Å². The zero-order chi connectivity index (χ0) is 20.2. The zero-order valence-corrected chi connectivity index (χ0v) is 17.1. The van der Waals surface area contributed by atoms with E-state index in [1.54, 1.807) is 24.3 Å². The van der Waals surface area contributed by atoms with E-state index in [4.69, 9.17) is 4.42 Å². The van der Waals surface area contributed by atoms with Gasteiger partial charge in [0.1, 0.15) is 11.6 Å². The van der Waals surface area contributed by atoms with E-state index in [0.29, 0.717) is 5.76 Å². The second-order valence-corrected chi connectivity index (χ2v) is 8.39. The van der Waals surface area contributed by atoms with Gasteiger partial charge in [0.05, 0.1) is 0 Å². The summed E-state index contributed by atoms with van der Waals surface area (Å²) in [6, 6.07) is 15.5. The average molecular weight is 411 g/mol. The second-order valence-electron chi connectivity index (χ2n) is 7.16. The van der Waals surface area contributed by atoms with Crippen molar-refractivity contribution in [2.75, 3.05) is 29.9 Å². The van der Waals surface area contributed by atoms with Gasteiger partial charge in [-0.15, -0.1) is 0 Å². The van der Waals surface area contributed by atoms with Gasteiger partial charge in [-0.1, -0.05) is 12.1 Å². The van der Waals surface area contributed by atoms with E-state index in [2.05, 4.69) is 22.3 Å². The molecule has 1 saturated heterocycles. The van der Waals surface area contributed by atoms with Crippen molar-refractivity contribution in [2.24, 2.45) is 0 Å². The molecule has 1 N–H and O–H groups in total. The molecule has 0 bridgehead atoms. The fourth-order valence-corrected chi connectivity index (χ4v) is 4.37. The monoisotopic (exact) mass is 410 g/mol. The molecule has 150 valence electrons. The molecular formula is C23H23FN2O2S. The molecule has 6 heteroatoms. The summed E-state index contributed by atoms with van der Waals surface area (Å²) in [6.07, 6.45) is 0. The van der Waals surface area contributed by atoms with Crippen LogP contribution in [0.15, 0.2) is 59.0 Å². The highest BCUT2D eigenvalue weighted by molar-refractivity contribution is 7.99.